The van der Waals surface area contributed by atoms with Gasteiger partial charge in [0.2, 0.25) is 0 Å². The minimum atomic E-state index is -1.09. The molecule has 98 valence electrons. The molecular formula is C12H7BrClNO4. The number of amides is 1. The van der Waals surface area contributed by atoms with Gasteiger partial charge in [-0.25, -0.2) is 4.79 Å². The van der Waals surface area contributed by atoms with Crippen LogP contribution < -0.4 is 15.7 Å². The van der Waals surface area contributed by atoms with E-state index in [0.29, 0.717) is 21.3 Å². The molecule has 1 aliphatic rings. The number of benzene rings is 1. The van der Waals surface area contributed by atoms with E-state index in [2.05, 4.69) is 21.2 Å². The number of carbonyl (C=O) groups is 1. The number of nitrogens with one attached hydrogen (secondary N) is 1. The molecule has 1 atom stereocenters. The highest BCUT2D eigenvalue weighted by molar-refractivity contribution is 9.10. The Kier molecular flexibility index (Phi) is 2.79. The quantitative estimate of drug-likeness (QED) is 0.589. The number of hydrogen-bond donors (Lipinski definition) is 1. The molecule has 0 aliphatic carbocycles. The van der Waals surface area contributed by atoms with Gasteiger partial charge in [-0.1, -0.05) is 11.6 Å². The molecule has 0 bridgehead atoms. The molecule has 7 heteroatoms. The average Bonchev–Trinajstić information content (AvgIpc) is 2.38. The van der Waals surface area contributed by atoms with Crippen LogP contribution in [0.3, 0.4) is 0 Å². The number of halogens is 2. The summed E-state index contributed by atoms with van der Waals surface area (Å²) < 4.78 is 10.8. The first kappa shape index (κ1) is 12.5. The van der Waals surface area contributed by atoms with Crippen molar-refractivity contribution in [3.05, 3.63) is 32.6 Å². The molecule has 2 heterocycles. The van der Waals surface area contributed by atoms with Crippen molar-refractivity contribution < 1.29 is 13.9 Å². The number of carbonyl (C=O) groups excluding carboxylic acids is 1. The molecule has 1 aliphatic heterocycles. The summed E-state index contributed by atoms with van der Waals surface area (Å²) >= 11 is 8.87. The molecule has 0 fully saturated rings. The minimum Gasteiger partial charge on any atom is -0.463 e. The molecule has 3 rings (SSSR count). The van der Waals surface area contributed by atoms with Gasteiger partial charge in [-0.3, -0.25) is 4.79 Å². The van der Waals surface area contributed by atoms with E-state index in [1.54, 1.807) is 19.1 Å². The predicted molar refractivity (Wildman–Crippen MR) is 73.8 cm³/mol. The van der Waals surface area contributed by atoms with Gasteiger partial charge in [-0.2, -0.15) is 0 Å². The summed E-state index contributed by atoms with van der Waals surface area (Å²) in [7, 11) is 0. The lowest BCUT2D eigenvalue weighted by Gasteiger charge is -2.22. The van der Waals surface area contributed by atoms with Crippen molar-refractivity contribution in [1.29, 1.82) is 0 Å². The molecule has 1 amide bonds. The summed E-state index contributed by atoms with van der Waals surface area (Å²) in [5.74, 6) is -0.123. The Bertz CT molecular complexity index is 770. The number of anilines is 1. The van der Waals surface area contributed by atoms with Gasteiger partial charge in [0.25, 0.3) is 11.5 Å². The molecule has 1 unspecified atom stereocenters. The maximum absolute atomic E-state index is 11.7. The fourth-order valence-corrected chi connectivity index (χ4v) is 2.38. The van der Waals surface area contributed by atoms with Crippen LogP contribution in [-0.4, -0.2) is 11.5 Å². The van der Waals surface area contributed by atoms with Crippen LogP contribution in [0.5, 0.6) is 5.75 Å². The van der Waals surface area contributed by atoms with Crippen LogP contribution >= 0.6 is 27.5 Å². The van der Waals surface area contributed by atoms with Gasteiger partial charge in [-0.05, 0) is 40.5 Å². The largest absolute Gasteiger partial charge is 0.463 e. The Hall–Kier alpha value is -1.53. The van der Waals surface area contributed by atoms with Crippen molar-refractivity contribution in [3.63, 3.8) is 0 Å². The summed E-state index contributed by atoms with van der Waals surface area (Å²) in [5, 5.41) is 3.29. The molecule has 1 aromatic heterocycles. The zero-order chi connectivity index (χ0) is 13.7. The molecule has 1 aromatic carbocycles. The zero-order valence-electron chi connectivity index (χ0n) is 9.62. The van der Waals surface area contributed by atoms with Gasteiger partial charge in [0.1, 0.15) is 15.9 Å². The average molecular weight is 345 g/mol. The van der Waals surface area contributed by atoms with Gasteiger partial charge < -0.3 is 14.5 Å². The predicted octanol–water partition coefficient (Wildman–Crippen LogP) is 2.76. The number of ether oxygens (including phenoxy) is 1. The van der Waals surface area contributed by atoms with E-state index in [1.807, 2.05) is 0 Å². The Balaban J connectivity index is 2.38. The van der Waals surface area contributed by atoms with Crippen molar-refractivity contribution in [2.75, 3.05) is 5.32 Å². The van der Waals surface area contributed by atoms with E-state index in [9.17, 15) is 9.59 Å². The van der Waals surface area contributed by atoms with Gasteiger partial charge in [-0.15, -0.1) is 0 Å². The second kappa shape index (κ2) is 4.25. The van der Waals surface area contributed by atoms with E-state index in [1.165, 1.54) is 0 Å². The third-order valence-corrected chi connectivity index (χ3v) is 4.12. The van der Waals surface area contributed by atoms with Crippen molar-refractivity contribution in [2.24, 2.45) is 0 Å². The highest BCUT2D eigenvalue weighted by Gasteiger charge is 2.28. The molecular weight excluding hydrogens is 337 g/mol. The second-order valence-electron chi connectivity index (χ2n) is 4.07. The first-order valence-corrected chi connectivity index (χ1v) is 6.59. The molecule has 1 N–H and O–H groups in total. The summed E-state index contributed by atoms with van der Waals surface area (Å²) in [6.45, 7) is 1.78. The highest BCUT2D eigenvalue weighted by Crippen LogP contribution is 2.38. The molecule has 0 spiro atoms. The summed E-state index contributed by atoms with van der Waals surface area (Å²) in [4.78, 5) is 23.2. The SMILES string of the molecule is Cc1c(Br)c(=O)oc2c3c(ccc12)OC(Cl)C(=O)N3. The Morgan fingerprint density at radius 1 is 1.37 bits per heavy atom. The first-order chi connectivity index (χ1) is 8.99. The number of rotatable bonds is 0. The monoisotopic (exact) mass is 343 g/mol. The summed E-state index contributed by atoms with van der Waals surface area (Å²) in [6, 6.07) is 3.42. The van der Waals surface area contributed by atoms with Crippen molar-refractivity contribution in [1.82, 2.24) is 0 Å². The summed E-state index contributed by atoms with van der Waals surface area (Å²) in [6.07, 6.45) is 0. The lowest BCUT2D eigenvalue weighted by Crippen LogP contribution is -2.32. The standard InChI is InChI=1S/C12H7BrClNO4/c1-4-5-2-3-6-8(15-11(16)10(14)18-6)9(5)19-12(17)7(4)13/h2-3,10H,1H3,(H,15,16). The van der Waals surface area contributed by atoms with Gasteiger partial charge >= 0.3 is 5.63 Å². The van der Waals surface area contributed by atoms with Gasteiger partial charge in [0, 0.05) is 5.39 Å². The van der Waals surface area contributed by atoms with E-state index in [4.69, 9.17) is 20.8 Å². The molecule has 0 radical (unpaired) electrons. The third-order valence-electron chi connectivity index (χ3n) is 2.91. The van der Waals surface area contributed by atoms with Crippen LogP contribution in [0.2, 0.25) is 0 Å². The van der Waals surface area contributed by atoms with Crippen LogP contribution in [0, 0.1) is 6.92 Å². The number of fused-ring (bicyclic) bond motifs is 3. The van der Waals surface area contributed by atoms with Crippen LogP contribution in [0.15, 0.2) is 25.8 Å². The summed E-state index contributed by atoms with van der Waals surface area (Å²) in [5.41, 5.74) is -0.266. The maximum atomic E-state index is 11.7. The van der Waals surface area contributed by atoms with E-state index >= 15 is 0 Å². The van der Waals surface area contributed by atoms with Crippen LogP contribution in [0.25, 0.3) is 11.0 Å². The first-order valence-electron chi connectivity index (χ1n) is 5.36. The number of aryl methyl sites for hydroxylation is 1. The van der Waals surface area contributed by atoms with Gasteiger partial charge in [0.05, 0.1) is 0 Å². The van der Waals surface area contributed by atoms with E-state index in [-0.39, 0.29) is 5.58 Å². The normalized spacial score (nSPS) is 17.8. The van der Waals surface area contributed by atoms with Crippen LogP contribution in [0.1, 0.15) is 5.56 Å². The third kappa shape index (κ3) is 1.82. The number of hydrogen-bond acceptors (Lipinski definition) is 4. The fourth-order valence-electron chi connectivity index (χ4n) is 1.94. The maximum Gasteiger partial charge on any atom is 0.351 e. The smallest absolute Gasteiger partial charge is 0.351 e. The Labute approximate surface area is 120 Å². The Morgan fingerprint density at radius 3 is 2.84 bits per heavy atom. The highest BCUT2D eigenvalue weighted by atomic mass is 79.9. The minimum absolute atomic E-state index is 0.278. The lowest BCUT2D eigenvalue weighted by atomic mass is 10.1. The topological polar surface area (TPSA) is 68.5 Å². The molecule has 0 saturated carbocycles. The molecule has 19 heavy (non-hydrogen) atoms. The molecule has 0 saturated heterocycles. The molecule has 5 nitrogen and oxygen atoms in total. The van der Waals surface area contributed by atoms with Crippen molar-refractivity contribution >= 4 is 50.1 Å². The van der Waals surface area contributed by atoms with E-state index < -0.39 is 17.1 Å². The van der Waals surface area contributed by atoms with Crippen molar-refractivity contribution in [2.45, 2.75) is 12.5 Å². The zero-order valence-corrected chi connectivity index (χ0v) is 12.0. The van der Waals surface area contributed by atoms with Crippen LogP contribution in [-0.2, 0) is 4.79 Å². The fraction of sp³-hybridized carbons (Fsp3) is 0.167. The van der Waals surface area contributed by atoms with E-state index in [0.717, 1.165) is 5.56 Å². The second-order valence-corrected chi connectivity index (χ2v) is 5.26. The van der Waals surface area contributed by atoms with Gasteiger partial charge in [0.15, 0.2) is 5.58 Å². The van der Waals surface area contributed by atoms with Crippen molar-refractivity contribution in [3.8, 4) is 5.75 Å². The Morgan fingerprint density at radius 2 is 2.11 bits per heavy atom. The molecule has 2 aromatic rings. The lowest BCUT2D eigenvalue weighted by molar-refractivity contribution is -0.120. The number of alkyl halides is 1. The van der Waals surface area contributed by atoms with Crippen LogP contribution in [0.4, 0.5) is 5.69 Å².